The summed E-state index contributed by atoms with van der Waals surface area (Å²) >= 11 is 6.01. The molecule has 0 spiro atoms. The van der Waals surface area contributed by atoms with Crippen molar-refractivity contribution in [3.63, 3.8) is 0 Å². The smallest absolute Gasteiger partial charge is 0.261 e. The second-order valence-corrected chi connectivity index (χ2v) is 9.25. The van der Waals surface area contributed by atoms with Crippen molar-refractivity contribution < 1.29 is 17.9 Å². The molecule has 1 atom stereocenters. The van der Waals surface area contributed by atoms with Crippen LogP contribution in [0.1, 0.15) is 39.0 Å². The molecule has 0 bridgehead atoms. The van der Waals surface area contributed by atoms with E-state index in [2.05, 4.69) is 10.0 Å². The van der Waals surface area contributed by atoms with Gasteiger partial charge in [-0.25, -0.2) is 8.42 Å². The van der Waals surface area contributed by atoms with Gasteiger partial charge in [-0.15, -0.1) is 0 Å². The van der Waals surface area contributed by atoms with Gasteiger partial charge in [-0.2, -0.15) is 0 Å². The summed E-state index contributed by atoms with van der Waals surface area (Å²) in [6.45, 7) is 1.68. The van der Waals surface area contributed by atoms with Gasteiger partial charge >= 0.3 is 0 Å². The standard InChI is InChI=1S/C21H25ClN2O4S/c1-15(21(25)23-16-7-3-2-4-8-16)28-17-11-13-18(14-12-17)29(26,27)24-20-10-6-5-9-19(20)22/h5-6,9-16,24H,2-4,7-8H2,1H3,(H,23,25)/t15-/m1/s1. The molecule has 1 aliphatic carbocycles. The molecule has 156 valence electrons. The summed E-state index contributed by atoms with van der Waals surface area (Å²) in [6, 6.07) is 12.8. The van der Waals surface area contributed by atoms with Crippen molar-refractivity contribution in [3.05, 3.63) is 53.6 Å². The predicted octanol–water partition coefficient (Wildman–Crippen LogP) is 4.36. The molecule has 2 N–H and O–H groups in total. The molecule has 6 nitrogen and oxygen atoms in total. The fourth-order valence-electron chi connectivity index (χ4n) is 3.27. The van der Waals surface area contributed by atoms with Gasteiger partial charge in [0.05, 0.1) is 15.6 Å². The number of amides is 1. The quantitative estimate of drug-likeness (QED) is 0.675. The maximum absolute atomic E-state index is 12.5. The summed E-state index contributed by atoms with van der Waals surface area (Å²) < 4.78 is 33.2. The maximum Gasteiger partial charge on any atom is 0.261 e. The summed E-state index contributed by atoms with van der Waals surface area (Å²) in [4.78, 5) is 12.4. The second kappa shape index (κ2) is 9.50. The van der Waals surface area contributed by atoms with Crippen LogP contribution < -0.4 is 14.8 Å². The molecule has 29 heavy (non-hydrogen) atoms. The van der Waals surface area contributed by atoms with E-state index in [1.807, 2.05) is 0 Å². The van der Waals surface area contributed by atoms with Gasteiger partial charge in [0, 0.05) is 6.04 Å². The first-order chi connectivity index (χ1) is 13.8. The molecular weight excluding hydrogens is 412 g/mol. The summed E-state index contributed by atoms with van der Waals surface area (Å²) in [5.41, 5.74) is 0.308. The van der Waals surface area contributed by atoms with Crippen LogP contribution in [0.4, 0.5) is 5.69 Å². The van der Waals surface area contributed by atoms with E-state index >= 15 is 0 Å². The SMILES string of the molecule is C[C@@H](Oc1ccc(S(=O)(=O)Nc2ccccc2Cl)cc1)C(=O)NC1CCCCC1. The fraction of sp³-hybridized carbons (Fsp3) is 0.381. The van der Waals surface area contributed by atoms with E-state index in [-0.39, 0.29) is 16.8 Å². The molecule has 1 saturated carbocycles. The van der Waals surface area contributed by atoms with E-state index in [0.29, 0.717) is 16.5 Å². The zero-order valence-electron chi connectivity index (χ0n) is 16.2. The Labute approximate surface area is 176 Å². The number of halogens is 1. The van der Waals surface area contributed by atoms with Crippen LogP contribution in [-0.4, -0.2) is 26.5 Å². The summed E-state index contributed by atoms with van der Waals surface area (Å²) in [6.07, 6.45) is 4.84. The van der Waals surface area contributed by atoms with Crippen molar-refractivity contribution >= 4 is 33.2 Å². The largest absolute Gasteiger partial charge is 0.481 e. The Morgan fingerprint density at radius 1 is 1.07 bits per heavy atom. The number of hydrogen-bond acceptors (Lipinski definition) is 4. The number of sulfonamides is 1. The van der Waals surface area contributed by atoms with E-state index < -0.39 is 16.1 Å². The van der Waals surface area contributed by atoms with Gasteiger partial charge in [0.15, 0.2) is 6.10 Å². The van der Waals surface area contributed by atoms with Gasteiger partial charge in [0.25, 0.3) is 15.9 Å². The van der Waals surface area contributed by atoms with Crippen molar-refractivity contribution in [1.82, 2.24) is 5.32 Å². The van der Waals surface area contributed by atoms with Crippen LogP contribution in [0.5, 0.6) is 5.75 Å². The highest BCUT2D eigenvalue weighted by molar-refractivity contribution is 7.92. The van der Waals surface area contributed by atoms with Crippen LogP contribution in [-0.2, 0) is 14.8 Å². The molecule has 0 saturated heterocycles. The van der Waals surface area contributed by atoms with Crippen LogP contribution in [0.15, 0.2) is 53.4 Å². The van der Waals surface area contributed by atoms with Crippen molar-refractivity contribution in [2.24, 2.45) is 0 Å². The Morgan fingerprint density at radius 3 is 2.38 bits per heavy atom. The lowest BCUT2D eigenvalue weighted by atomic mass is 9.95. The molecule has 0 heterocycles. The van der Waals surface area contributed by atoms with Crippen LogP contribution in [0.3, 0.4) is 0 Å². The third kappa shape index (κ3) is 5.87. The molecule has 0 unspecified atom stereocenters. The van der Waals surface area contributed by atoms with E-state index in [1.54, 1.807) is 31.2 Å². The molecule has 0 aliphatic heterocycles. The van der Waals surface area contributed by atoms with E-state index in [9.17, 15) is 13.2 Å². The number of carbonyl (C=O) groups excluding carboxylic acids is 1. The number of carbonyl (C=O) groups is 1. The topological polar surface area (TPSA) is 84.5 Å². The van der Waals surface area contributed by atoms with Gasteiger partial charge in [0.1, 0.15) is 5.75 Å². The Balaban J connectivity index is 1.60. The number of para-hydroxylation sites is 1. The highest BCUT2D eigenvalue weighted by Crippen LogP contribution is 2.25. The van der Waals surface area contributed by atoms with Crippen molar-refractivity contribution in [2.75, 3.05) is 4.72 Å². The lowest BCUT2D eigenvalue weighted by Crippen LogP contribution is -2.43. The van der Waals surface area contributed by atoms with Crippen LogP contribution in [0.25, 0.3) is 0 Å². The summed E-state index contributed by atoms with van der Waals surface area (Å²) in [5, 5.41) is 3.34. The molecule has 3 rings (SSSR count). The molecular formula is C21H25ClN2O4S. The van der Waals surface area contributed by atoms with Gasteiger partial charge < -0.3 is 10.1 Å². The minimum atomic E-state index is -3.79. The van der Waals surface area contributed by atoms with E-state index in [0.717, 1.165) is 25.7 Å². The lowest BCUT2D eigenvalue weighted by molar-refractivity contribution is -0.128. The molecule has 0 aromatic heterocycles. The van der Waals surface area contributed by atoms with E-state index in [4.69, 9.17) is 16.3 Å². The number of ether oxygens (including phenoxy) is 1. The van der Waals surface area contributed by atoms with Gasteiger partial charge in [-0.3, -0.25) is 9.52 Å². The zero-order valence-corrected chi connectivity index (χ0v) is 17.8. The highest BCUT2D eigenvalue weighted by Gasteiger charge is 2.21. The third-order valence-corrected chi connectivity index (χ3v) is 6.60. The average molecular weight is 437 g/mol. The second-order valence-electron chi connectivity index (χ2n) is 7.16. The fourth-order valence-corrected chi connectivity index (χ4v) is 4.59. The Hall–Kier alpha value is -2.25. The average Bonchev–Trinajstić information content (AvgIpc) is 2.71. The van der Waals surface area contributed by atoms with Gasteiger partial charge in [-0.1, -0.05) is 43.0 Å². The monoisotopic (exact) mass is 436 g/mol. The first-order valence-corrected chi connectivity index (χ1v) is 11.6. The Kier molecular flexibility index (Phi) is 7.03. The first-order valence-electron chi connectivity index (χ1n) is 9.69. The number of anilines is 1. The summed E-state index contributed by atoms with van der Waals surface area (Å²) in [7, 11) is -3.79. The zero-order chi connectivity index (χ0) is 20.9. The molecule has 1 aliphatic rings. The first kappa shape index (κ1) is 21.5. The molecule has 1 amide bonds. The predicted molar refractivity (Wildman–Crippen MR) is 114 cm³/mol. The number of hydrogen-bond donors (Lipinski definition) is 2. The van der Waals surface area contributed by atoms with E-state index in [1.165, 1.54) is 30.7 Å². The van der Waals surface area contributed by atoms with Crippen LogP contribution >= 0.6 is 11.6 Å². The minimum Gasteiger partial charge on any atom is -0.481 e. The highest BCUT2D eigenvalue weighted by atomic mass is 35.5. The lowest BCUT2D eigenvalue weighted by Gasteiger charge is -2.24. The number of nitrogens with one attached hydrogen (secondary N) is 2. The maximum atomic E-state index is 12.5. The van der Waals surface area contributed by atoms with Crippen LogP contribution in [0, 0.1) is 0 Å². The minimum absolute atomic E-state index is 0.0732. The normalized spacial score (nSPS) is 16.1. The Morgan fingerprint density at radius 2 is 1.72 bits per heavy atom. The number of benzene rings is 2. The molecule has 1 fully saturated rings. The van der Waals surface area contributed by atoms with Gasteiger partial charge in [-0.05, 0) is 56.2 Å². The van der Waals surface area contributed by atoms with Crippen molar-refractivity contribution in [1.29, 1.82) is 0 Å². The molecule has 2 aromatic rings. The van der Waals surface area contributed by atoms with Crippen molar-refractivity contribution in [2.45, 2.75) is 56.1 Å². The van der Waals surface area contributed by atoms with Gasteiger partial charge in [0.2, 0.25) is 0 Å². The van der Waals surface area contributed by atoms with Crippen LogP contribution in [0.2, 0.25) is 5.02 Å². The molecule has 2 aromatic carbocycles. The number of rotatable bonds is 7. The molecule has 0 radical (unpaired) electrons. The Bertz CT molecular complexity index is 941. The summed E-state index contributed by atoms with van der Waals surface area (Å²) in [5.74, 6) is 0.266. The van der Waals surface area contributed by atoms with Crippen molar-refractivity contribution in [3.8, 4) is 5.75 Å². The molecule has 8 heteroatoms. The third-order valence-electron chi connectivity index (χ3n) is 4.89.